The average Bonchev–Trinajstić information content (AvgIpc) is 3.06. The van der Waals surface area contributed by atoms with Gasteiger partial charge in [0, 0.05) is 17.4 Å². The molecule has 3 rings (SSSR count). The van der Waals surface area contributed by atoms with Crippen molar-refractivity contribution in [3.63, 3.8) is 0 Å². The van der Waals surface area contributed by atoms with Crippen LogP contribution >= 0.6 is 0 Å². The number of rotatable bonds is 2. The van der Waals surface area contributed by atoms with Gasteiger partial charge in [0.1, 0.15) is 6.10 Å². The number of esters is 1. The smallest absolute Gasteiger partial charge is 0.333 e. The molecule has 0 aromatic heterocycles. The van der Waals surface area contributed by atoms with Crippen LogP contribution in [0.5, 0.6) is 0 Å². The molecule has 0 radical (unpaired) electrons. The minimum atomic E-state index is -1.10. The first kappa shape index (κ1) is 20.5. The van der Waals surface area contributed by atoms with Crippen molar-refractivity contribution < 1.29 is 28.9 Å². The minimum absolute atomic E-state index is 0.0268. The summed E-state index contributed by atoms with van der Waals surface area (Å²) < 4.78 is 16.7. The Morgan fingerprint density at radius 2 is 1.96 bits per heavy atom. The van der Waals surface area contributed by atoms with E-state index in [4.69, 9.17) is 14.2 Å². The van der Waals surface area contributed by atoms with Gasteiger partial charge in [0.15, 0.2) is 5.78 Å². The lowest BCUT2D eigenvalue weighted by atomic mass is 9.81. The molecule has 152 valence electrons. The second kappa shape index (κ2) is 7.30. The van der Waals surface area contributed by atoms with Crippen LogP contribution in [-0.4, -0.2) is 53.5 Å². The number of carbonyl (C=O) groups is 2. The van der Waals surface area contributed by atoms with Crippen LogP contribution in [0.15, 0.2) is 12.2 Å². The summed E-state index contributed by atoms with van der Waals surface area (Å²) in [7, 11) is 1.30. The molecule has 0 aromatic rings. The zero-order valence-corrected chi connectivity index (χ0v) is 16.8. The third-order valence-corrected chi connectivity index (χ3v) is 6.76. The number of epoxide rings is 1. The Balaban J connectivity index is 1.85. The predicted molar refractivity (Wildman–Crippen MR) is 99.1 cm³/mol. The van der Waals surface area contributed by atoms with Crippen LogP contribution in [0.2, 0.25) is 0 Å². The maximum Gasteiger partial charge on any atom is 0.333 e. The van der Waals surface area contributed by atoms with E-state index in [0.29, 0.717) is 12.8 Å². The topological polar surface area (TPSA) is 85.4 Å². The molecule has 3 heterocycles. The lowest BCUT2D eigenvalue weighted by Gasteiger charge is -2.30. The fraction of sp³-hybridized carbons (Fsp3) is 0.810. The molecule has 3 aliphatic rings. The zero-order chi connectivity index (χ0) is 20.0. The summed E-state index contributed by atoms with van der Waals surface area (Å²) in [4.78, 5) is 25.1. The van der Waals surface area contributed by atoms with Crippen LogP contribution in [0.1, 0.15) is 59.3 Å². The molecule has 1 N–H and O–H groups in total. The summed E-state index contributed by atoms with van der Waals surface area (Å²) in [5, 5.41) is 11.0. The van der Waals surface area contributed by atoms with Crippen molar-refractivity contribution in [3.05, 3.63) is 12.2 Å². The van der Waals surface area contributed by atoms with E-state index >= 15 is 0 Å². The van der Waals surface area contributed by atoms with Crippen LogP contribution in [0, 0.1) is 11.8 Å². The number of Topliss-reactive ketones (excluding diaryl/α,β-unsaturated/α-hetero) is 1. The molecule has 2 bridgehead atoms. The van der Waals surface area contributed by atoms with E-state index in [2.05, 4.69) is 13.5 Å². The minimum Gasteiger partial charge on any atom is -0.466 e. The Morgan fingerprint density at radius 3 is 2.63 bits per heavy atom. The third-order valence-electron chi connectivity index (χ3n) is 6.76. The second-order valence-corrected chi connectivity index (χ2v) is 8.91. The highest BCUT2D eigenvalue weighted by Crippen LogP contribution is 2.46. The van der Waals surface area contributed by atoms with Crippen molar-refractivity contribution in [1.29, 1.82) is 0 Å². The van der Waals surface area contributed by atoms with Gasteiger partial charge in [0.25, 0.3) is 0 Å². The van der Waals surface area contributed by atoms with Crippen molar-refractivity contribution in [2.45, 2.75) is 88.8 Å². The van der Waals surface area contributed by atoms with E-state index in [1.165, 1.54) is 7.11 Å². The van der Waals surface area contributed by atoms with Crippen molar-refractivity contribution >= 4 is 11.8 Å². The molecule has 3 aliphatic heterocycles. The fourth-order valence-corrected chi connectivity index (χ4v) is 4.60. The number of ketones is 1. The van der Waals surface area contributed by atoms with Crippen molar-refractivity contribution in [2.75, 3.05) is 7.11 Å². The lowest BCUT2D eigenvalue weighted by Crippen LogP contribution is -2.40. The fourth-order valence-electron chi connectivity index (χ4n) is 4.60. The highest BCUT2D eigenvalue weighted by Gasteiger charge is 2.54. The Bertz CT molecular complexity index is 626. The van der Waals surface area contributed by atoms with Crippen molar-refractivity contribution in [2.24, 2.45) is 11.8 Å². The summed E-state index contributed by atoms with van der Waals surface area (Å²) in [6.45, 7) is 9.61. The van der Waals surface area contributed by atoms with Gasteiger partial charge in [0.2, 0.25) is 0 Å². The number of aliphatic hydroxyl groups is 1. The first-order valence-electron chi connectivity index (χ1n) is 9.95. The Hall–Kier alpha value is -1.24. The van der Waals surface area contributed by atoms with Gasteiger partial charge in [-0.2, -0.15) is 0 Å². The maximum atomic E-state index is 13.1. The summed E-state index contributed by atoms with van der Waals surface area (Å²) in [6.07, 6.45) is 3.07. The summed E-state index contributed by atoms with van der Waals surface area (Å²) in [6, 6.07) is 0. The molecular weight excluding hydrogens is 348 g/mol. The molecule has 3 saturated heterocycles. The molecule has 27 heavy (non-hydrogen) atoms. The lowest BCUT2D eigenvalue weighted by molar-refractivity contribution is -0.144. The summed E-state index contributed by atoms with van der Waals surface area (Å²) in [5.74, 6) is -1.21. The molecule has 0 amide bonds. The molecule has 0 aromatic carbocycles. The van der Waals surface area contributed by atoms with E-state index < -0.39 is 29.7 Å². The van der Waals surface area contributed by atoms with Gasteiger partial charge < -0.3 is 19.3 Å². The van der Waals surface area contributed by atoms with Crippen LogP contribution in [0.25, 0.3) is 0 Å². The quantitative estimate of drug-likeness (QED) is 0.450. The van der Waals surface area contributed by atoms with E-state index in [1.807, 2.05) is 6.92 Å². The molecule has 7 atom stereocenters. The predicted octanol–water partition coefficient (Wildman–Crippen LogP) is 2.57. The second-order valence-electron chi connectivity index (χ2n) is 8.91. The van der Waals surface area contributed by atoms with Crippen LogP contribution in [-0.2, 0) is 23.8 Å². The normalized spacial score (nSPS) is 45.1. The van der Waals surface area contributed by atoms with Gasteiger partial charge in [-0.1, -0.05) is 13.5 Å². The van der Waals surface area contributed by atoms with Crippen molar-refractivity contribution in [1.82, 2.24) is 0 Å². The Labute approximate surface area is 161 Å². The van der Waals surface area contributed by atoms with Gasteiger partial charge in [-0.15, -0.1) is 0 Å². The number of carbonyl (C=O) groups excluding carboxylic acids is 2. The highest BCUT2D eigenvalue weighted by molar-refractivity contribution is 5.92. The van der Waals surface area contributed by atoms with Gasteiger partial charge in [-0.3, -0.25) is 4.79 Å². The maximum absolute atomic E-state index is 13.1. The molecular formula is C21H32O6. The number of ether oxygens (including phenoxy) is 3. The highest BCUT2D eigenvalue weighted by atomic mass is 16.6. The van der Waals surface area contributed by atoms with Gasteiger partial charge in [0.05, 0.1) is 30.5 Å². The molecule has 0 aliphatic carbocycles. The van der Waals surface area contributed by atoms with Crippen LogP contribution < -0.4 is 0 Å². The monoisotopic (exact) mass is 380 g/mol. The number of methoxy groups -OCH3 is 1. The Morgan fingerprint density at radius 1 is 1.26 bits per heavy atom. The van der Waals surface area contributed by atoms with Gasteiger partial charge in [-0.05, 0) is 52.4 Å². The summed E-state index contributed by atoms with van der Waals surface area (Å²) in [5.41, 5.74) is -0.992. The molecule has 0 saturated carbocycles. The van der Waals surface area contributed by atoms with E-state index in [-0.39, 0.29) is 29.0 Å². The number of hydrogen-bond acceptors (Lipinski definition) is 6. The standard InChI is InChI=1S/C21H32O6/c1-12-7-6-9-21(4)15(27-21)8-10-20(3,24)16-11-14(13(2)19(23)25-5)18(26-16)17(12)22/h12,14-16,18,24H,2,6-11H2,1,3-5H3/t12-,14-,15+,16?,18?,20+,21+/m0/s1. The van der Waals surface area contributed by atoms with E-state index in [1.54, 1.807) is 6.92 Å². The van der Waals surface area contributed by atoms with Crippen LogP contribution in [0.4, 0.5) is 0 Å². The largest absolute Gasteiger partial charge is 0.466 e. The van der Waals surface area contributed by atoms with Gasteiger partial charge in [-0.25, -0.2) is 4.79 Å². The number of hydrogen-bond donors (Lipinski definition) is 1. The summed E-state index contributed by atoms with van der Waals surface area (Å²) >= 11 is 0. The van der Waals surface area contributed by atoms with E-state index in [9.17, 15) is 14.7 Å². The molecule has 6 heteroatoms. The molecule has 0 spiro atoms. The Kier molecular flexibility index (Phi) is 5.54. The van der Waals surface area contributed by atoms with Crippen LogP contribution in [0.3, 0.4) is 0 Å². The van der Waals surface area contributed by atoms with E-state index in [0.717, 1.165) is 25.7 Å². The first-order chi connectivity index (χ1) is 12.6. The zero-order valence-electron chi connectivity index (χ0n) is 16.8. The molecule has 6 nitrogen and oxygen atoms in total. The number of fused-ring (bicyclic) bond motifs is 3. The average molecular weight is 380 g/mol. The molecule has 3 fully saturated rings. The molecule has 2 unspecified atom stereocenters. The SMILES string of the molecule is C=C(C(=O)OC)[C@@H]1CC2OC1C(=O)[C@@H](C)CCC[C@@]1(C)O[C@@H]1CC[C@@]2(C)O. The van der Waals surface area contributed by atoms with Crippen molar-refractivity contribution in [3.8, 4) is 0 Å². The third kappa shape index (κ3) is 3.98. The first-order valence-corrected chi connectivity index (χ1v) is 9.95. The van der Waals surface area contributed by atoms with Gasteiger partial charge >= 0.3 is 5.97 Å².